The Kier molecular flexibility index (Phi) is 6.63. The first-order valence-corrected chi connectivity index (χ1v) is 7.90. The lowest BCUT2D eigenvalue weighted by Crippen LogP contribution is -2.33. The number of carbonyl (C=O) groups excluding carboxylic acids is 1. The second-order valence-electron chi connectivity index (χ2n) is 5.29. The van der Waals surface area contributed by atoms with E-state index < -0.39 is 0 Å². The molecule has 0 bridgehead atoms. The Bertz CT molecular complexity index is 613. The maximum Gasteiger partial charge on any atom is 0.258 e. The highest BCUT2D eigenvalue weighted by molar-refractivity contribution is 5.78. The van der Waals surface area contributed by atoms with E-state index in [1.807, 2.05) is 54.6 Å². The zero-order valence-electron chi connectivity index (χ0n) is 13.4. The fourth-order valence-electron chi connectivity index (χ4n) is 2.45. The number of aliphatic hydroxyl groups excluding tert-OH is 1. The first-order valence-electron chi connectivity index (χ1n) is 7.90. The molecule has 1 atom stereocenters. The predicted octanol–water partition coefficient (Wildman–Crippen LogP) is 2.87. The fourth-order valence-corrected chi connectivity index (χ4v) is 2.45. The average molecular weight is 313 g/mol. The lowest BCUT2D eigenvalue weighted by Gasteiger charge is -2.19. The van der Waals surface area contributed by atoms with Crippen molar-refractivity contribution in [3.63, 3.8) is 0 Å². The van der Waals surface area contributed by atoms with Gasteiger partial charge in [-0.2, -0.15) is 0 Å². The number of amides is 1. The zero-order chi connectivity index (χ0) is 16.5. The van der Waals surface area contributed by atoms with Gasteiger partial charge in [-0.25, -0.2) is 0 Å². The summed E-state index contributed by atoms with van der Waals surface area (Å²) in [5, 5.41) is 12.1. The van der Waals surface area contributed by atoms with Crippen LogP contribution >= 0.6 is 0 Å². The van der Waals surface area contributed by atoms with Crippen molar-refractivity contribution in [2.24, 2.45) is 0 Å². The van der Waals surface area contributed by atoms with Gasteiger partial charge in [0, 0.05) is 6.61 Å². The van der Waals surface area contributed by atoms with E-state index >= 15 is 0 Å². The van der Waals surface area contributed by atoms with E-state index in [0.717, 1.165) is 23.3 Å². The molecular formula is C19H23NO3. The first kappa shape index (κ1) is 17.0. The first-order chi connectivity index (χ1) is 11.2. The predicted molar refractivity (Wildman–Crippen MR) is 90.3 cm³/mol. The molecule has 0 aliphatic carbocycles. The summed E-state index contributed by atoms with van der Waals surface area (Å²) >= 11 is 0. The quantitative estimate of drug-likeness (QED) is 0.788. The lowest BCUT2D eigenvalue weighted by molar-refractivity contribution is -0.124. The van der Waals surface area contributed by atoms with Crippen LogP contribution in [0.15, 0.2) is 54.6 Å². The van der Waals surface area contributed by atoms with Crippen molar-refractivity contribution in [1.82, 2.24) is 5.32 Å². The van der Waals surface area contributed by atoms with Gasteiger partial charge in [-0.3, -0.25) is 4.79 Å². The number of aryl methyl sites for hydroxylation is 1. The number of hydrogen-bond acceptors (Lipinski definition) is 3. The highest BCUT2D eigenvalue weighted by Crippen LogP contribution is 2.19. The minimum absolute atomic E-state index is 0.0133. The molecule has 1 amide bonds. The fraction of sp³-hybridized carbons (Fsp3) is 0.316. The summed E-state index contributed by atoms with van der Waals surface area (Å²) in [4.78, 5) is 12.2. The number of hydrogen-bond donors (Lipinski definition) is 2. The van der Waals surface area contributed by atoms with Gasteiger partial charge in [-0.1, -0.05) is 55.5 Å². The maximum absolute atomic E-state index is 12.2. The number of nitrogens with one attached hydrogen (secondary N) is 1. The standard InChI is InChI=1S/C19H23NO3/c1-2-15-8-6-7-11-18(15)23-14-19(22)20-17(12-13-21)16-9-4-3-5-10-16/h3-11,17,21H,2,12-14H2,1H3,(H,20,22). The average Bonchev–Trinajstić information content (AvgIpc) is 2.60. The third kappa shape index (κ3) is 5.11. The van der Waals surface area contributed by atoms with Gasteiger partial charge in [0.05, 0.1) is 6.04 Å². The van der Waals surface area contributed by atoms with Crippen LogP contribution in [0.25, 0.3) is 0 Å². The van der Waals surface area contributed by atoms with E-state index in [1.165, 1.54) is 0 Å². The normalized spacial score (nSPS) is 11.7. The van der Waals surface area contributed by atoms with E-state index in [-0.39, 0.29) is 25.2 Å². The van der Waals surface area contributed by atoms with Gasteiger partial charge in [-0.15, -0.1) is 0 Å². The minimum Gasteiger partial charge on any atom is -0.483 e. The molecule has 2 aromatic rings. The monoisotopic (exact) mass is 313 g/mol. The largest absolute Gasteiger partial charge is 0.483 e. The van der Waals surface area contributed by atoms with Crippen molar-refractivity contribution in [1.29, 1.82) is 0 Å². The molecule has 2 N–H and O–H groups in total. The van der Waals surface area contributed by atoms with Crippen LogP contribution < -0.4 is 10.1 Å². The van der Waals surface area contributed by atoms with E-state index in [2.05, 4.69) is 12.2 Å². The molecule has 122 valence electrons. The molecular weight excluding hydrogens is 290 g/mol. The summed E-state index contributed by atoms with van der Waals surface area (Å²) in [5.74, 6) is 0.543. The van der Waals surface area contributed by atoms with E-state index in [9.17, 15) is 9.90 Å². The van der Waals surface area contributed by atoms with Crippen LogP contribution in [-0.2, 0) is 11.2 Å². The van der Waals surface area contributed by atoms with Crippen LogP contribution in [0.5, 0.6) is 5.75 Å². The SMILES string of the molecule is CCc1ccccc1OCC(=O)NC(CCO)c1ccccc1. The third-order valence-corrected chi connectivity index (χ3v) is 3.67. The van der Waals surface area contributed by atoms with E-state index in [4.69, 9.17) is 4.74 Å². The Labute approximate surface area is 137 Å². The van der Waals surface area contributed by atoms with Gasteiger partial charge < -0.3 is 15.2 Å². The van der Waals surface area contributed by atoms with Crippen molar-refractivity contribution in [3.05, 3.63) is 65.7 Å². The smallest absolute Gasteiger partial charge is 0.258 e. The molecule has 0 aliphatic rings. The summed E-state index contributed by atoms with van der Waals surface area (Å²) < 4.78 is 5.63. The Balaban J connectivity index is 1.94. The molecule has 0 spiro atoms. The summed E-state index contributed by atoms with van der Waals surface area (Å²) in [7, 11) is 0. The van der Waals surface area contributed by atoms with Crippen molar-refractivity contribution < 1.29 is 14.6 Å². The molecule has 23 heavy (non-hydrogen) atoms. The molecule has 0 saturated heterocycles. The van der Waals surface area contributed by atoms with Crippen LogP contribution in [0.4, 0.5) is 0 Å². The summed E-state index contributed by atoms with van der Waals surface area (Å²) in [6.45, 7) is 2.03. The molecule has 4 nitrogen and oxygen atoms in total. The van der Waals surface area contributed by atoms with Crippen molar-refractivity contribution in [2.75, 3.05) is 13.2 Å². The number of rotatable bonds is 8. The summed E-state index contributed by atoms with van der Waals surface area (Å²) in [6, 6.07) is 17.1. The van der Waals surface area contributed by atoms with Crippen molar-refractivity contribution >= 4 is 5.91 Å². The minimum atomic E-state index is -0.210. The topological polar surface area (TPSA) is 58.6 Å². The highest BCUT2D eigenvalue weighted by atomic mass is 16.5. The Morgan fingerprint density at radius 2 is 1.83 bits per heavy atom. The molecule has 0 saturated carbocycles. The number of para-hydroxylation sites is 1. The van der Waals surface area contributed by atoms with Crippen molar-refractivity contribution in [2.45, 2.75) is 25.8 Å². The van der Waals surface area contributed by atoms with Crippen LogP contribution in [0.3, 0.4) is 0 Å². The number of aliphatic hydroxyl groups is 1. The molecule has 0 aromatic heterocycles. The molecule has 2 aromatic carbocycles. The second-order valence-corrected chi connectivity index (χ2v) is 5.29. The molecule has 0 radical (unpaired) electrons. The van der Waals surface area contributed by atoms with Gasteiger partial charge in [0.25, 0.3) is 5.91 Å². The van der Waals surface area contributed by atoms with Crippen LogP contribution in [0.1, 0.15) is 30.5 Å². The van der Waals surface area contributed by atoms with Crippen LogP contribution in [0.2, 0.25) is 0 Å². The maximum atomic E-state index is 12.2. The third-order valence-electron chi connectivity index (χ3n) is 3.67. The summed E-state index contributed by atoms with van der Waals surface area (Å²) in [6.07, 6.45) is 1.33. The molecule has 0 aliphatic heterocycles. The van der Waals surface area contributed by atoms with Crippen molar-refractivity contribution in [3.8, 4) is 5.75 Å². The zero-order valence-corrected chi connectivity index (χ0v) is 13.4. The van der Waals surface area contributed by atoms with Gasteiger partial charge in [0.15, 0.2) is 6.61 Å². The Morgan fingerprint density at radius 1 is 1.13 bits per heavy atom. The van der Waals surface area contributed by atoms with E-state index in [1.54, 1.807) is 0 Å². The van der Waals surface area contributed by atoms with E-state index in [0.29, 0.717) is 6.42 Å². The summed E-state index contributed by atoms with van der Waals surface area (Å²) in [5.41, 5.74) is 2.05. The number of carbonyl (C=O) groups is 1. The number of benzene rings is 2. The molecule has 0 heterocycles. The van der Waals surface area contributed by atoms with Gasteiger partial charge >= 0.3 is 0 Å². The van der Waals surface area contributed by atoms with Gasteiger partial charge in [0.2, 0.25) is 0 Å². The van der Waals surface area contributed by atoms with Crippen LogP contribution in [0, 0.1) is 0 Å². The molecule has 2 rings (SSSR count). The second kappa shape index (κ2) is 8.96. The Hall–Kier alpha value is -2.33. The van der Waals surface area contributed by atoms with Gasteiger partial charge in [-0.05, 0) is 30.0 Å². The van der Waals surface area contributed by atoms with Gasteiger partial charge in [0.1, 0.15) is 5.75 Å². The molecule has 4 heteroatoms. The lowest BCUT2D eigenvalue weighted by atomic mass is 10.0. The highest BCUT2D eigenvalue weighted by Gasteiger charge is 2.14. The molecule has 0 fully saturated rings. The molecule has 1 unspecified atom stereocenters. The van der Waals surface area contributed by atoms with Crippen LogP contribution in [-0.4, -0.2) is 24.2 Å². The Morgan fingerprint density at radius 3 is 2.52 bits per heavy atom. The number of ether oxygens (including phenoxy) is 1.